The number of hydrogen-bond donors (Lipinski definition) is 1. The molecule has 1 heterocycles. The predicted molar refractivity (Wildman–Crippen MR) is 105 cm³/mol. The van der Waals surface area contributed by atoms with Gasteiger partial charge in [-0.2, -0.15) is 13.2 Å². The van der Waals surface area contributed by atoms with E-state index in [2.05, 4.69) is 0 Å². The largest absolute Gasteiger partial charge is 0.478 e. The number of rotatable bonds is 5. The molecule has 3 nitrogen and oxygen atoms in total. The Kier molecular flexibility index (Phi) is 7.06. The SMILES string of the molecule is CC.Cc1ccc(Cc2cc3cc(C(=O)O)ccc3n2CCF)c(C(F)(F)F)c1. The molecule has 3 aromatic rings. The first-order chi connectivity index (χ1) is 13.7. The average Bonchev–Trinajstić information content (AvgIpc) is 3.01. The van der Waals surface area contributed by atoms with E-state index in [0.29, 0.717) is 22.2 Å². The number of aromatic carboxylic acids is 1. The van der Waals surface area contributed by atoms with Crippen LogP contribution in [0.3, 0.4) is 0 Å². The number of aryl methyl sites for hydroxylation is 2. The third-order valence-electron chi connectivity index (χ3n) is 4.48. The fourth-order valence-corrected chi connectivity index (χ4v) is 3.26. The van der Waals surface area contributed by atoms with E-state index in [1.165, 1.54) is 18.2 Å². The maximum Gasteiger partial charge on any atom is 0.416 e. The van der Waals surface area contributed by atoms with Gasteiger partial charge in [0.15, 0.2) is 0 Å². The number of carboxylic acids is 1. The Morgan fingerprint density at radius 2 is 1.76 bits per heavy atom. The van der Waals surface area contributed by atoms with Crippen molar-refractivity contribution < 1.29 is 27.5 Å². The van der Waals surface area contributed by atoms with Crippen LogP contribution in [-0.4, -0.2) is 22.3 Å². The average molecular weight is 409 g/mol. The second kappa shape index (κ2) is 9.11. The molecule has 0 atom stereocenters. The summed E-state index contributed by atoms with van der Waals surface area (Å²) in [5.41, 5.74) is 1.03. The monoisotopic (exact) mass is 409 g/mol. The lowest BCUT2D eigenvalue weighted by molar-refractivity contribution is -0.138. The molecule has 7 heteroatoms. The Hall–Kier alpha value is -2.83. The standard InChI is InChI=1S/C20H17F4NO2.C2H6/c1-12-2-3-13(17(8-12)20(22,23)24)10-16-11-15-9-14(19(26)27)4-5-18(15)25(16)7-6-21;1-2/h2-5,8-9,11H,6-7,10H2,1H3,(H,26,27);1-2H3. The van der Waals surface area contributed by atoms with E-state index in [4.69, 9.17) is 5.11 Å². The minimum atomic E-state index is -4.49. The summed E-state index contributed by atoms with van der Waals surface area (Å²) in [5.74, 6) is -1.10. The molecule has 0 fully saturated rings. The molecule has 156 valence electrons. The van der Waals surface area contributed by atoms with E-state index in [9.17, 15) is 22.4 Å². The lowest BCUT2D eigenvalue weighted by atomic mass is 10.00. The third-order valence-corrected chi connectivity index (χ3v) is 4.48. The molecule has 0 saturated heterocycles. The zero-order chi connectivity index (χ0) is 21.8. The lowest BCUT2D eigenvalue weighted by Crippen LogP contribution is -2.12. The molecule has 0 radical (unpaired) electrons. The highest BCUT2D eigenvalue weighted by Gasteiger charge is 2.33. The number of carbonyl (C=O) groups is 1. The number of hydrogen-bond acceptors (Lipinski definition) is 1. The maximum atomic E-state index is 13.4. The minimum Gasteiger partial charge on any atom is -0.478 e. The molecular formula is C22H23F4NO2. The fourth-order valence-electron chi connectivity index (χ4n) is 3.26. The highest BCUT2D eigenvalue weighted by Crippen LogP contribution is 2.34. The van der Waals surface area contributed by atoms with Crippen LogP contribution in [0.2, 0.25) is 0 Å². The van der Waals surface area contributed by atoms with Crippen LogP contribution in [0.25, 0.3) is 10.9 Å². The number of alkyl halides is 4. The van der Waals surface area contributed by atoms with Gasteiger partial charge in [-0.25, -0.2) is 9.18 Å². The second-order valence-electron chi connectivity index (χ2n) is 6.39. The summed E-state index contributed by atoms with van der Waals surface area (Å²) in [4.78, 5) is 11.1. The Balaban J connectivity index is 0.00000145. The van der Waals surface area contributed by atoms with Gasteiger partial charge in [-0.15, -0.1) is 0 Å². The van der Waals surface area contributed by atoms with Gasteiger partial charge in [0, 0.05) is 23.0 Å². The number of fused-ring (bicyclic) bond motifs is 1. The predicted octanol–water partition coefficient (Wildman–Crippen LogP) is 6.25. The molecular weight excluding hydrogens is 386 g/mol. The van der Waals surface area contributed by atoms with E-state index in [-0.39, 0.29) is 24.1 Å². The summed E-state index contributed by atoms with van der Waals surface area (Å²) < 4.78 is 54.8. The molecule has 1 N–H and O–H groups in total. The molecule has 2 aromatic carbocycles. The van der Waals surface area contributed by atoms with Gasteiger partial charge in [0.25, 0.3) is 0 Å². The van der Waals surface area contributed by atoms with Crippen molar-refractivity contribution in [3.05, 3.63) is 70.4 Å². The van der Waals surface area contributed by atoms with Crippen molar-refractivity contribution in [1.82, 2.24) is 4.57 Å². The van der Waals surface area contributed by atoms with E-state index in [1.54, 1.807) is 29.7 Å². The van der Waals surface area contributed by atoms with Crippen molar-refractivity contribution in [3.63, 3.8) is 0 Å². The fraction of sp³-hybridized carbons (Fsp3) is 0.318. The van der Waals surface area contributed by atoms with Gasteiger partial charge in [-0.3, -0.25) is 0 Å². The summed E-state index contributed by atoms with van der Waals surface area (Å²) in [5, 5.41) is 9.67. The first-order valence-corrected chi connectivity index (χ1v) is 9.29. The first-order valence-electron chi connectivity index (χ1n) is 9.29. The summed E-state index contributed by atoms with van der Waals surface area (Å²) in [7, 11) is 0. The summed E-state index contributed by atoms with van der Waals surface area (Å²) in [6, 6.07) is 10.1. The number of halogens is 4. The van der Waals surface area contributed by atoms with Crippen molar-refractivity contribution in [3.8, 4) is 0 Å². The van der Waals surface area contributed by atoms with Crippen LogP contribution < -0.4 is 0 Å². The van der Waals surface area contributed by atoms with Crippen molar-refractivity contribution >= 4 is 16.9 Å². The van der Waals surface area contributed by atoms with Crippen LogP contribution in [0.4, 0.5) is 17.6 Å². The van der Waals surface area contributed by atoms with Crippen molar-refractivity contribution in [2.45, 2.75) is 39.9 Å². The molecule has 0 saturated carbocycles. The summed E-state index contributed by atoms with van der Waals surface area (Å²) >= 11 is 0. The highest BCUT2D eigenvalue weighted by molar-refractivity contribution is 5.94. The van der Waals surface area contributed by atoms with E-state index in [1.807, 2.05) is 13.8 Å². The van der Waals surface area contributed by atoms with Crippen LogP contribution in [0.15, 0.2) is 42.5 Å². The summed E-state index contributed by atoms with van der Waals surface area (Å²) in [6.07, 6.45) is -4.53. The number of aromatic nitrogens is 1. The first kappa shape index (κ1) is 22.5. The maximum absolute atomic E-state index is 13.4. The topological polar surface area (TPSA) is 42.2 Å². The van der Waals surface area contributed by atoms with E-state index >= 15 is 0 Å². The van der Waals surface area contributed by atoms with Crippen LogP contribution in [0, 0.1) is 6.92 Å². The quantitative estimate of drug-likeness (QED) is 0.506. The Labute approximate surface area is 166 Å². The van der Waals surface area contributed by atoms with Crippen molar-refractivity contribution in [2.24, 2.45) is 0 Å². The molecule has 0 aliphatic heterocycles. The zero-order valence-corrected chi connectivity index (χ0v) is 16.5. The Morgan fingerprint density at radius 1 is 1.07 bits per heavy atom. The molecule has 29 heavy (non-hydrogen) atoms. The van der Waals surface area contributed by atoms with Gasteiger partial charge in [0.2, 0.25) is 0 Å². The molecule has 0 aliphatic carbocycles. The van der Waals surface area contributed by atoms with Crippen LogP contribution >= 0.6 is 0 Å². The molecule has 0 spiro atoms. The van der Waals surface area contributed by atoms with Crippen molar-refractivity contribution in [2.75, 3.05) is 6.67 Å². The Bertz CT molecular complexity index is 1010. The molecule has 0 bridgehead atoms. The van der Waals surface area contributed by atoms with Gasteiger partial charge in [-0.1, -0.05) is 31.5 Å². The molecule has 0 unspecified atom stereocenters. The number of carboxylic acid groups (broad SMARTS) is 1. The van der Waals surface area contributed by atoms with Gasteiger partial charge in [0.05, 0.1) is 17.7 Å². The van der Waals surface area contributed by atoms with E-state index < -0.39 is 24.4 Å². The number of benzene rings is 2. The van der Waals surface area contributed by atoms with Crippen molar-refractivity contribution in [1.29, 1.82) is 0 Å². The smallest absolute Gasteiger partial charge is 0.416 e. The van der Waals surface area contributed by atoms with Gasteiger partial charge >= 0.3 is 12.1 Å². The van der Waals surface area contributed by atoms with Crippen LogP contribution in [0.5, 0.6) is 0 Å². The Morgan fingerprint density at radius 3 is 2.34 bits per heavy atom. The molecule has 3 rings (SSSR count). The number of nitrogens with zero attached hydrogens (tertiary/aromatic N) is 1. The van der Waals surface area contributed by atoms with Crippen LogP contribution in [0.1, 0.15) is 46.6 Å². The second-order valence-corrected chi connectivity index (χ2v) is 6.39. The van der Waals surface area contributed by atoms with E-state index in [0.717, 1.165) is 6.07 Å². The summed E-state index contributed by atoms with van der Waals surface area (Å²) in [6.45, 7) is 4.89. The molecule has 0 aliphatic rings. The molecule has 0 amide bonds. The minimum absolute atomic E-state index is 0.0154. The molecule has 1 aromatic heterocycles. The normalized spacial score (nSPS) is 11.3. The van der Waals surface area contributed by atoms with Gasteiger partial charge in [0.1, 0.15) is 6.67 Å². The lowest BCUT2D eigenvalue weighted by Gasteiger charge is -2.15. The third kappa shape index (κ3) is 4.96. The van der Waals surface area contributed by atoms with Gasteiger partial charge in [-0.05, 0) is 42.8 Å². The van der Waals surface area contributed by atoms with Gasteiger partial charge < -0.3 is 9.67 Å². The van der Waals surface area contributed by atoms with Crippen LogP contribution in [-0.2, 0) is 19.1 Å². The zero-order valence-electron chi connectivity index (χ0n) is 16.5. The highest BCUT2D eigenvalue weighted by atomic mass is 19.4.